The van der Waals surface area contributed by atoms with Crippen molar-refractivity contribution < 1.29 is 8.42 Å². The van der Waals surface area contributed by atoms with E-state index in [0.29, 0.717) is 24.8 Å². The largest absolute Gasteiger partial charge is 0.296 e. The Kier molecular flexibility index (Phi) is 6.54. The molecule has 3 aromatic rings. The van der Waals surface area contributed by atoms with Gasteiger partial charge in [-0.25, -0.2) is 18.1 Å². The van der Waals surface area contributed by atoms with E-state index in [-0.39, 0.29) is 23.6 Å². The molecule has 0 aliphatic heterocycles. The summed E-state index contributed by atoms with van der Waals surface area (Å²) in [6.45, 7) is 5.97. The van der Waals surface area contributed by atoms with E-state index in [1.807, 2.05) is 32.0 Å². The smallest absolute Gasteiger partial charge is 0.257 e. The summed E-state index contributed by atoms with van der Waals surface area (Å²) in [5.41, 5.74) is 5.84. The van der Waals surface area contributed by atoms with Gasteiger partial charge >= 0.3 is 0 Å². The highest BCUT2D eigenvalue weighted by atomic mass is 32.2. The molecule has 0 amide bonds. The highest BCUT2D eigenvalue weighted by molar-refractivity contribution is 7.88. The number of hydrogen-bond acceptors (Lipinski definition) is 4. The Hall–Kier alpha value is -2.77. The lowest BCUT2D eigenvalue weighted by molar-refractivity contribution is 0.413. The second-order valence-corrected chi connectivity index (χ2v) is 11.1. The van der Waals surface area contributed by atoms with Gasteiger partial charge in [0.05, 0.1) is 18.3 Å². The zero-order valence-electron chi connectivity index (χ0n) is 19.6. The molecule has 1 N–H and O–H groups in total. The first-order valence-corrected chi connectivity index (χ1v) is 13.2. The first-order chi connectivity index (χ1) is 15.6. The molecule has 33 heavy (non-hydrogen) atoms. The van der Waals surface area contributed by atoms with Crippen LogP contribution in [0.3, 0.4) is 0 Å². The molecule has 0 spiro atoms. The molecule has 0 radical (unpaired) electrons. The standard InChI is InChI=1S/C26H31N3O3S/c1-17(2)29-16-27-24-12-11-23(28-33(4,31)32)22(25(24)26(29)30)15-19-8-6-10-21(14-19)20-9-5-7-18(3)13-20/h5-10,13-14,16-17,22-23,28H,11-12,15H2,1-4H3/t22-,23-/m0/s1. The van der Waals surface area contributed by atoms with Crippen LogP contribution in [0.2, 0.25) is 0 Å². The topological polar surface area (TPSA) is 81.1 Å². The van der Waals surface area contributed by atoms with E-state index in [4.69, 9.17) is 0 Å². The molecule has 0 saturated carbocycles. The summed E-state index contributed by atoms with van der Waals surface area (Å²) in [7, 11) is -3.43. The number of fused-ring (bicyclic) bond motifs is 1. The van der Waals surface area contributed by atoms with Gasteiger partial charge in [0.15, 0.2) is 0 Å². The van der Waals surface area contributed by atoms with E-state index in [1.54, 1.807) is 10.9 Å². The van der Waals surface area contributed by atoms with E-state index >= 15 is 0 Å². The summed E-state index contributed by atoms with van der Waals surface area (Å²) in [6.07, 6.45) is 4.54. The zero-order chi connectivity index (χ0) is 23.8. The number of aryl methyl sites for hydroxylation is 2. The number of aromatic nitrogens is 2. The average Bonchev–Trinajstić information content (AvgIpc) is 2.74. The summed E-state index contributed by atoms with van der Waals surface area (Å²) in [5.74, 6) is -0.289. The highest BCUT2D eigenvalue weighted by Crippen LogP contribution is 2.33. The zero-order valence-corrected chi connectivity index (χ0v) is 20.4. The van der Waals surface area contributed by atoms with Crippen LogP contribution in [0.1, 0.15) is 54.6 Å². The van der Waals surface area contributed by atoms with E-state index in [0.717, 1.165) is 22.4 Å². The third kappa shape index (κ3) is 5.25. The summed E-state index contributed by atoms with van der Waals surface area (Å²) < 4.78 is 28.7. The van der Waals surface area contributed by atoms with Gasteiger partial charge in [0.2, 0.25) is 10.0 Å². The van der Waals surface area contributed by atoms with Crippen molar-refractivity contribution in [1.82, 2.24) is 14.3 Å². The van der Waals surface area contributed by atoms with Crippen molar-refractivity contribution in [2.24, 2.45) is 0 Å². The average molecular weight is 466 g/mol. The quantitative estimate of drug-likeness (QED) is 0.597. The Morgan fingerprint density at radius 3 is 2.48 bits per heavy atom. The Balaban J connectivity index is 1.78. The van der Waals surface area contributed by atoms with Crippen LogP contribution >= 0.6 is 0 Å². The Labute approximate surface area is 195 Å². The van der Waals surface area contributed by atoms with E-state index in [9.17, 15) is 13.2 Å². The lowest BCUT2D eigenvalue weighted by Gasteiger charge is -2.33. The highest BCUT2D eigenvalue weighted by Gasteiger charge is 2.35. The molecule has 0 fully saturated rings. The molecular weight excluding hydrogens is 434 g/mol. The minimum atomic E-state index is -3.43. The first-order valence-electron chi connectivity index (χ1n) is 11.4. The van der Waals surface area contributed by atoms with Crippen LogP contribution in [0.25, 0.3) is 11.1 Å². The molecule has 4 rings (SSSR count). The predicted octanol–water partition coefficient (Wildman–Crippen LogP) is 3.99. The van der Waals surface area contributed by atoms with Crippen LogP contribution in [0, 0.1) is 6.92 Å². The Bertz CT molecular complexity index is 1330. The van der Waals surface area contributed by atoms with Crippen LogP contribution < -0.4 is 10.3 Å². The Morgan fingerprint density at radius 1 is 1.12 bits per heavy atom. The number of hydrogen-bond donors (Lipinski definition) is 1. The fraction of sp³-hybridized carbons (Fsp3) is 0.385. The van der Waals surface area contributed by atoms with Crippen LogP contribution in [-0.2, 0) is 22.9 Å². The summed E-state index contributed by atoms with van der Waals surface area (Å²) in [4.78, 5) is 18.0. The molecule has 2 aromatic carbocycles. The van der Waals surface area contributed by atoms with Gasteiger partial charge in [0, 0.05) is 23.6 Å². The molecule has 1 aromatic heterocycles. The predicted molar refractivity (Wildman–Crippen MR) is 132 cm³/mol. The normalized spacial score (nSPS) is 18.3. The van der Waals surface area contributed by atoms with Crippen LogP contribution in [0.4, 0.5) is 0 Å². The maximum atomic E-state index is 13.4. The Morgan fingerprint density at radius 2 is 1.82 bits per heavy atom. The van der Waals surface area contributed by atoms with Gasteiger partial charge in [-0.15, -0.1) is 0 Å². The molecule has 1 heterocycles. The van der Waals surface area contributed by atoms with Gasteiger partial charge in [0.1, 0.15) is 0 Å². The van der Waals surface area contributed by atoms with Crippen molar-refractivity contribution in [3.8, 4) is 11.1 Å². The second-order valence-electron chi connectivity index (χ2n) is 9.33. The van der Waals surface area contributed by atoms with Gasteiger partial charge < -0.3 is 0 Å². The summed E-state index contributed by atoms with van der Waals surface area (Å²) >= 11 is 0. The number of rotatable bonds is 6. The lowest BCUT2D eigenvalue weighted by atomic mass is 9.78. The monoisotopic (exact) mass is 465 g/mol. The molecule has 1 aliphatic rings. The third-order valence-corrected chi connectivity index (χ3v) is 7.05. The lowest BCUT2D eigenvalue weighted by Crippen LogP contribution is -2.45. The van der Waals surface area contributed by atoms with Crippen LogP contribution in [-0.4, -0.2) is 30.3 Å². The van der Waals surface area contributed by atoms with Crippen molar-refractivity contribution in [3.63, 3.8) is 0 Å². The molecule has 0 unspecified atom stereocenters. The van der Waals surface area contributed by atoms with Crippen molar-refractivity contribution in [3.05, 3.63) is 87.6 Å². The minimum absolute atomic E-state index is 0.0242. The maximum Gasteiger partial charge on any atom is 0.257 e. The van der Waals surface area contributed by atoms with Crippen molar-refractivity contribution >= 4 is 10.0 Å². The number of sulfonamides is 1. The number of nitrogens with zero attached hydrogens (tertiary/aromatic N) is 2. The third-order valence-electron chi connectivity index (χ3n) is 6.32. The molecule has 0 saturated heterocycles. The molecule has 174 valence electrons. The number of benzene rings is 2. The van der Waals surface area contributed by atoms with Gasteiger partial charge in [-0.3, -0.25) is 9.36 Å². The van der Waals surface area contributed by atoms with Crippen molar-refractivity contribution in [2.75, 3.05) is 6.26 Å². The maximum absolute atomic E-state index is 13.4. The second kappa shape index (κ2) is 9.23. The van der Waals surface area contributed by atoms with Crippen LogP contribution in [0.15, 0.2) is 59.7 Å². The fourth-order valence-corrected chi connectivity index (χ4v) is 5.60. The molecule has 0 bridgehead atoms. The molecule has 7 heteroatoms. The molecule has 1 aliphatic carbocycles. The summed E-state index contributed by atoms with van der Waals surface area (Å²) in [6, 6.07) is 16.2. The number of nitrogens with one attached hydrogen (secondary N) is 1. The van der Waals surface area contributed by atoms with Gasteiger partial charge in [-0.05, 0) is 56.7 Å². The molecular formula is C26H31N3O3S. The van der Waals surface area contributed by atoms with Crippen molar-refractivity contribution in [2.45, 2.75) is 58.0 Å². The summed E-state index contributed by atoms with van der Waals surface area (Å²) in [5, 5.41) is 0. The molecule has 6 nitrogen and oxygen atoms in total. The fourth-order valence-electron chi connectivity index (χ4n) is 4.77. The van der Waals surface area contributed by atoms with Gasteiger partial charge in [-0.1, -0.05) is 54.1 Å². The SMILES string of the molecule is Cc1cccc(-c2cccc(C[C@@H]3c4c(ncn(C(C)C)c4=O)CC[C@@H]3NS(C)(=O)=O)c2)c1. The van der Waals surface area contributed by atoms with Crippen molar-refractivity contribution in [1.29, 1.82) is 0 Å². The van der Waals surface area contributed by atoms with E-state index < -0.39 is 10.0 Å². The first kappa shape index (κ1) is 23.4. The minimum Gasteiger partial charge on any atom is -0.296 e. The van der Waals surface area contributed by atoms with E-state index in [2.05, 4.69) is 47.0 Å². The van der Waals surface area contributed by atoms with E-state index in [1.165, 1.54) is 11.8 Å². The van der Waals surface area contributed by atoms with Crippen LogP contribution in [0.5, 0.6) is 0 Å². The van der Waals surface area contributed by atoms with Gasteiger partial charge in [0.25, 0.3) is 5.56 Å². The molecule has 2 atom stereocenters. The van der Waals surface area contributed by atoms with Gasteiger partial charge in [-0.2, -0.15) is 0 Å².